The monoisotopic (exact) mass is 325 g/mol. The van der Waals surface area contributed by atoms with Crippen LogP contribution in [0.15, 0.2) is 54.6 Å². The highest BCUT2D eigenvalue weighted by molar-refractivity contribution is 6.17. The number of benzene rings is 4. The van der Waals surface area contributed by atoms with Crippen LogP contribution >= 0.6 is 0 Å². The van der Waals surface area contributed by atoms with Gasteiger partial charge in [0.2, 0.25) is 0 Å². The van der Waals surface area contributed by atoms with E-state index in [0.29, 0.717) is 17.1 Å². The minimum absolute atomic E-state index is 0.389. The Balaban J connectivity index is 2.04. The molecule has 5 nitrogen and oxygen atoms in total. The van der Waals surface area contributed by atoms with Crippen LogP contribution in [0.4, 0.5) is 17.1 Å². The number of nitrogen functional groups attached to an aromatic ring is 3. The quantitative estimate of drug-likeness (QED) is 0.228. The molecule has 0 unspecified atom stereocenters. The Morgan fingerprint density at radius 1 is 0.640 bits per heavy atom. The van der Waals surface area contributed by atoms with Crippen molar-refractivity contribution in [2.75, 3.05) is 17.2 Å². The second-order valence-corrected chi connectivity index (χ2v) is 6.20. The largest absolute Gasteiger partial charge is 0.397 e. The number of anilines is 3. The third-order valence-electron chi connectivity index (χ3n) is 4.71. The summed E-state index contributed by atoms with van der Waals surface area (Å²) in [5.74, 6) is 0. The van der Waals surface area contributed by atoms with Crippen molar-refractivity contribution in [2.24, 2.45) is 0 Å². The van der Waals surface area contributed by atoms with Crippen LogP contribution in [0.5, 0.6) is 0 Å². The Hall–Kier alpha value is -3.60. The normalized spacial score (nSPS) is 11.7. The van der Waals surface area contributed by atoms with E-state index in [1.54, 1.807) is 0 Å². The second kappa shape index (κ2) is 4.70. The summed E-state index contributed by atoms with van der Waals surface area (Å²) < 4.78 is 0. The molecular weight excluding hydrogens is 310 g/mol. The molecule has 5 heteroatoms. The van der Waals surface area contributed by atoms with Crippen LogP contribution < -0.4 is 17.2 Å². The van der Waals surface area contributed by atoms with Gasteiger partial charge in [-0.05, 0) is 29.0 Å². The molecule has 0 amide bonds. The molecule has 4 aromatic carbocycles. The molecule has 0 aliphatic carbocycles. The Kier molecular flexibility index (Phi) is 2.60. The number of fused-ring (bicyclic) bond motifs is 6. The van der Waals surface area contributed by atoms with Crippen molar-refractivity contribution in [3.8, 4) is 0 Å². The van der Waals surface area contributed by atoms with Crippen LogP contribution in [-0.4, -0.2) is 9.97 Å². The molecule has 0 radical (unpaired) electrons. The van der Waals surface area contributed by atoms with Gasteiger partial charge in [-0.25, -0.2) is 9.97 Å². The highest BCUT2D eigenvalue weighted by Crippen LogP contribution is 2.36. The Labute approximate surface area is 143 Å². The molecule has 6 N–H and O–H groups in total. The molecule has 0 saturated heterocycles. The van der Waals surface area contributed by atoms with E-state index in [9.17, 15) is 0 Å². The first-order chi connectivity index (χ1) is 12.1. The Morgan fingerprint density at radius 2 is 1.36 bits per heavy atom. The molecule has 0 atom stereocenters. The van der Waals surface area contributed by atoms with Gasteiger partial charge in [-0.3, -0.25) is 0 Å². The molecular formula is C20H15N5. The molecule has 5 aromatic rings. The van der Waals surface area contributed by atoms with E-state index in [2.05, 4.69) is 18.2 Å². The van der Waals surface area contributed by atoms with Crippen LogP contribution in [0.1, 0.15) is 0 Å². The van der Waals surface area contributed by atoms with E-state index < -0.39 is 0 Å². The van der Waals surface area contributed by atoms with Gasteiger partial charge >= 0.3 is 0 Å². The minimum atomic E-state index is 0.389. The second-order valence-electron chi connectivity index (χ2n) is 6.20. The van der Waals surface area contributed by atoms with Crippen LogP contribution in [0, 0.1) is 0 Å². The van der Waals surface area contributed by atoms with Gasteiger partial charge in [-0.15, -0.1) is 0 Å². The van der Waals surface area contributed by atoms with Crippen molar-refractivity contribution in [1.29, 1.82) is 0 Å². The van der Waals surface area contributed by atoms with Gasteiger partial charge in [0.05, 0.1) is 39.1 Å². The van der Waals surface area contributed by atoms with Crippen molar-refractivity contribution in [1.82, 2.24) is 9.97 Å². The maximum absolute atomic E-state index is 6.27. The molecule has 5 rings (SSSR count). The SMILES string of the molecule is Nc1cc2ccc3nc4ccc5ccccc5c4nc3c2c(N)c1N. The van der Waals surface area contributed by atoms with E-state index in [4.69, 9.17) is 27.2 Å². The Bertz CT molecular complexity index is 1320. The molecule has 0 spiro atoms. The molecule has 0 fully saturated rings. The van der Waals surface area contributed by atoms with Gasteiger partial charge in [0, 0.05) is 10.8 Å². The van der Waals surface area contributed by atoms with E-state index >= 15 is 0 Å². The van der Waals surface area contributed by atoms with Gasteiger partial charge < -0.3 is 17.2 Å². The summed E-state index contributed by atoms with van der Waals surface area (Å²) in [5.41, 5.74) is 22.8. The number of rotatable bonds is 0. The fraction of sp³-hybridized carbons (Fsp3) is 0. The zero-order valence-corrected chi connectivity index (χ0v) is 13.3. The van der Waals surface area contributed by atoms with Crippen LogP contribution in [-0.2, 0) is 0 Å². The molecule has 1 heterocycles. The van der Waals surface area contributed by atoms with Crippen LogP contribution in [0.2, 0.25) is 0 Å². The van der Waals surface area contributed by atoms with E-state index in [1.165, 1.54) is 0 Å². The third-order valence-corrected chi connectivity index (χ3v) is 4.71. The van der Waals surface area contributed by atoms with E-state index in [1.807, 2.05) is 36.4 Å². The van der Waals surface area contributed by atoms with E-state index in [0.717, 1.165) is 43.6 Å². The maximum Gasteiger partial charge on any atom is 0.0994 e. The van der Waals surface area contributed by atoms with Crippen LogP contribution in [0.3, 0.4) is 0 Å². The summed E-state index contributed by atoms with van der Waals surface area (Å²) >= 11 is 0. The average Bonchev–Trinajstić information content (AvgIpc) is 2.64. The van der Waals surface area contributed by atoms with Crippen molar-refractivity contribution in [3.63, 3.8) is 0 Å². The van der Waals surface area contributed by atoms with Gasteiger partial charge in [0.15, 0.2) is 0 Å². The fourth-order valence-corrected chi connectivity index (χ4v) is 3.43. The first kappa shape index (κ1) is 13.8. The van der Waals surface area contributed by atoms with Crippen molar-refractivity contribution in [3.05, 3.63) is 54.6 Å². The molecule has 0 aliphatic rings. The van der Waals surface area contributed by atoms with Crippen LogP contribution in [0.25, 0.3) is 43.6 Å². The summed E-state index contributed by atoms with van der Waals surface area (Å²) in [6, 6.07) is 17.9. The summed E-state index contributed by atoms with van der Waals surface area (Å²) in [6.07, 6.45) is 0. The summed E-state index contributed by atoms with van der Waals surface area (Å²) in [4.78, 5) is 9.71. The lowest BCUT2D eigenvalue weighted by Crippen LogP contribution is -2.02. The molecule has 1 aromatic heterocycles. The number of hydrogen-bond donors (Lipinski definition) is 3. The zero-order valence-electron chi connectivity index (χ0n) is 13.3. The van der Waals surface area contributed by atoms with Gasteiger partial charge in [-0.1, -0.05) is 36.4 Å². The average molecular weight is 325 g/mol. The zero-order chi connectivity index (χ0) is 17.1. The maximum atomic E-state index is 6.27. The van der Waals surface area contributed by atoms with Gasteiger partial charge in [-0.2, -0.15) is 0 Å². The summed E-state index contributed by atoms with van der Waals surface area (Å²) in [6.45, 7) is 0. The number of nitrogens with zero attached hydrogens (tertiary/aromatic N) is 2. The molecule has 0 saturated carbocycles. The molecule has 120 valence electrons. The lowest BCUT2D eigenvalue weighted by atomic mass is 10.0. The molecule has 0 aliphatic heterocycles. The van der Waals surface area contributed by atoms with Crippen molar-refractivity contribution >= 4 is 60.7 Å². The van der Waals surface area contributed by atoms with Crippen molar-refractivity contribution in [2.45, 2.75) is 0 Å². The first-order valence-electron chi connectivity index (χ1n) is 7.99. The lowest BCUT2D eigenvalue weighted by Gasteiger charge is -2.12. The van der Waals surface area contributed by atoms with Gasteiger partial charge in [0.1, 0.15) is 0 Å². The van der Waals surface area contributed by atoms with Gasteiger partial charge in [0.25, 0.3) is 0 Å². The predicted molar refractivity (Wildman–Crippen MR) is 105 cm³/mol. The molecule has 0 bridgehead atoms. The van der Waals surface area contributed by atoms with E-state index in [-0.39, 0.29) is 0 Å². The third kappa shape index (κ3) is 1.83. The molecule has 25 heavy (non-hydrogen) atoms. The number of nitrogens with two attached hydrogens (primary N) is 3. The standard InChI is InChI=1S/C20H15N5/c21-13-9-11-6-8-15-20(16(11)18(23)17(13)22)25-19-12-4-2-1-3-10(12)5-7-14(19)24-15/h1-9H,21-23H2. The minimum Gasteiger partial charge on any atom is -0.397 e. The predicted octanol–water partition coefficient (Wildman–Crippen LogP) is 3.84. The number of aromatic nitrogens is 2. The van der Waals surface area contributed by atoms with Crippen molar-refractivity contribution < 1.29 is 0 Å². The highest BCUT2D eigenvalue weighted by atomic mass is 14.8. The fourth-order valence-electron chi connectivity index (χ4n) is 3.43. The number of hydrogen-bond acceptors (Lipinski definition) is 5. The first-order valence-corrected chi connectivity index (χ1v) is 7.99. The highest BCUT2D eigenvalue weighted by Gasteiger charge is 2.13. The smallest absolute Gasteiger partial charge is 0.0994 e. The topological polar surface area (TPSA) is 104 Å². The summed E-state index contributed by atoms with van der Waals surface area (Å²) in [7, 11) is 0. The summed E-state index contributed by atoms with van der Waals surface area (Å²) in [5, 5.41) is 3.89. The Morgan fingerprint density at radius 3 is 2.20 bits per heavy atom. The lowest BCUT2D eigenvalue weighted by molar-refractivity contribution is 1.42.